The monoisotopic (exact) mass is 418 g/mol. The molecule has 3 unspecified atom stereocenters. The third-order valence-electron chi connectivity index (χ3n) is 6.01. The van der Waals surface area contributed by atoms with E-state index in [1.807, 2.05) is 4.90 Å². The molecule has 0 aliphatic carbocycles. The summed E-state index contributed by atoms with van der Waals surface area (Å²) in [6, 6.07) is 3.35. The third kappa shape index (κ3) is 6.83. The summed E-state index contributed by atoms with van der Waals surface area (Å²) in [5.74, 6) is 2.70. The molecule has 30 heavy (non-hydrogen) atoms. The van der Waals surface area contributed by atoms with Crippen LogP contribution in [0, 0.1) is 17.7 Å². The summed E-state index contributed by atoms with van der Waals surface area (Å²) in [5, 5.41) is 6.87. The van der Waals surface area contributed by atoms with Gasteiger partial charge in [0.1, 0.15) is 0 Å². The fraction of sp³-hybridized carbons (Fsp3) is 0.739. The van der Waals surface area contributed by atoms with E-state index in [0.29, 0.717) is 5.82 Å². The van der Waals surface area contributed by atoms with Crippen LogP contribution < -0.4 is 15.5 Å². The highest BCUT2D eigenvalue weighted by molar-refractivity contribution is 5.80. The predicted molar refractivity (Wildman–Crippen MR) is 123 cm³/mol. The maximum absolute atomic E-state index is 14.0. The molecule has 3 heterocycles. The first-order valence-electron chi connectivity index (χ1n) is 11.7. The number of aliphatic imine (C=N–C) groups is 1. The quantitative estimate of drug-likeness (QED) is 0.386. The molecule has 2 aliphatic heterocycles. The number of nitrogens with one attached hydrogen (secondary N) is 2. The Hall–Kier alpha value is -1.89. The van der Waals surface area contributed by atoms with Gasteiger partial charge in [-0.3, -0.25) is 4.99 Å². The number of aromatic nitrogens is 1. The average Bonchev–Trinajstić information content (AvgIpc) is 3.15. The minimum absolute atomic E-state index is 0.250. The molecule has 7 heteroatoms. The van der Waals surface area contributed by atoms with Gasteiger partial charge in [-0.25, -0.2) is 9.37 Å². The van der Waals surface area contributed by atoms with E-state index >= 15 is 0 Å². The summed E-state index contributed by atoms with van der Waals surface area (Å²) in [6.07, 6.45) is 6.26. The number of piperidine rings is 1. The number of nitrogens with zero attached hydrogens (tertiary/aromatic N) is 4. The van der Waals surface area contributed by atoms with Gasteiger partial charge in [0.2, 0.25) is 0 Å². The molecule has 0 bridgehead atoms. The van der Waals surface area contributed by atoms with Crippen molar-refractivity contribution in [2.75, 3.05) is 50.7 Å². The van der Waals surface area contributed by atoms with Crippen LogP contribution in [0.4, 0.5) is 10.2 Å². The number of guanidine groups is 1. The van der Waals surface area contributed by atoms with E-state index in [9.17, 15) is 4.39 Å². The summed E-state index contributed by atoms with van der Waals surface area (Å²) < 4.78 is 14.0. The second kappa shape index (κ2) is 11.5. The largest absolute Gasteiger partial charge is 0.357 e. The van der Waals surface area contributed by atoms with E-state index in [0.717, 1.165) is 56.8 Å². The zero-order valence-electron chi connectivity index (χ0n) is 18.9. The number of pyridine rings is 1. The number of likely N-dealkylation sites (tertiary alicyclic amines) is 1. The zero-order chi connectivity index (χ0) is 21.3. The molecule has 0 radical (unpaired) electrons. The van der Waals surface area contributed by atoms with Crippen LogP contribution in [0.5, 0.6) is 0 Å². The highest BCUT2D eigenvalue weighted by Gasteiger charge is 2.26. The molecule has 2 aliphatic rings. The van der Waals surface area contributed by atoms with Crippen LogP contribution in [-0.4, -0.2) is 67.7 Å². The van der Waals surface area contributed by atoms with Crippen molar-refractivity contribution in [3.05, 3.63) is 24.1 Å². The van der Waals surface area contributed by atoms with Crippen molar-refractivity contribution in [2.24, 2.45) is 16.8 Å². The standard InChI is InChI=1S/C23H39FN6/c1-4-25-23(27-10-5-6-12-29-15-18(2)14-19(3)16-29)28-20-9-13-30(17-20)22-21(24)8-7-11-26-22/h7-8,11,18-20H,4-6,9-10,12-17H2,1-3H3,(H2,25,27,28). The lowest BCUT2D eigenvalue weighted by atomic mass is 9.92. The molecular formula is C23H39FN6. The molecular weight excluding hydrogens is 379 g/mol. The first-order chi connectivity index (χ1) is 14.5. The van der Waals surface area contributed by atoms with Crippen LogP contribution in [0.25, 0.3) is 0 Å². The van der Waals surface area contributed by atoms with Crippen molar-refractivity contribution in [1.82, 2.24) is 20.5 Å². The number of halogens is 1. The third-order valence-corrected chi connectivity index (χ3v) is 6.01. The van der Waals surface area contributed by atoms with Crippen LogP contribution in [0.2, 0.25) is 0 Å². The lowest BCUT2D eigenvalue weighted by Crippen LogP contribution is -2.44. The van der Waals surface area contributed by atoms with Crippen molar-refractivity contribution in [2.45, 2.75) is 52.5 Å². The highest BCUT2D eigenvalue weighted by Crippen LogP contribution is 2.22. The Morgan fingerprint density at radius 2 is 2.03 bits per heavy atom. The smallest absolute Gasteiger partial charge is 0.191 e. The number of unbranched alkanes of at least 4 members (excludes halogenated alkanes) is 1. The summed E-state index contributed by atoms with van der Waals surface area (Å²) in [5.41, 5.74) is 0. The van der Waals surface area contributed by atoms with Gasteiger partial charge in [-0.2, -0.15) is 0 Å². The molecule has 2 N–H and O–H groups in total. The van der Waals surface area contributed by atoms with Gasteiger partial charge in [0.15, 0.2) is 17.6 Å². The van der Waals surface area contributed by atoms with Crippen molar-refractivity contribution in [1.29, 1.82) is 0 Å². The first-order valence-corrected chi connectivity index (χ1v) is 11.7. The minimum atomic E-state index is -0.254. The molecule has 6 nitrogen and oxygen atoms in total. The molecule has 0 spiro atoms. The lowest BCUT2D eigenvalue weighted by molar-refractivity contribution is 0.139. The summed E-state index contributed by atoms with van der Waals surface area (Å²) in [4.78, 5) is 13.6. The van der Waals surface area contributed by atoms with Gasteiger partial charge in [0.25, 0.3) is 0 Å². The zero-order valence-corrected chi connectivity index (χ0v) is 18.9. The van der Waals surface area contributed by atoms with Crippen LogP contribution in [0.15, 0.2) is 23.3 Å². The SMILES string of the molecule is CCNC(=NCCCCN1CC(C)CC(C)C1)NC1CCN(c2ncccc2F)C1. The Morgan fingerprint density at radius 3 is 2.77 bits per heavy atom. The lowest BCUT2D eigenvalue weighted by Gasteiger charge is -2.34. The first kappa shape index (κ1) is 22.8. The molecule has 2 fully saturated rings. The van der Waals surface area contributed by atoms with Crippen molar-refractivity contribution < 1.29 is 4.39 Å². The second-order valence-corrected chi connectivity index (χ2v) is 9.06. The van der Waals surface area contributed by atoms with E-state index in [4.69, 9.17) is 4.99 Å². The van der Waals surface area contributed by atoms with Crippen molar-refractivity contribution in [3.8, 4) is 0 Å². The Morgan fingerprint density at radius 1 is 1.23 bits per heavy atom. The van der Waals surface area contributed by atoms with Gasteiger partial charge in [-0.15, -0.1) is 0 Å². The van der Waals surface area contributed by atoms with Gasteiger partial charge >= 0.3 is 0 Å². The normalized spacial score (nSPS) is 25.5. The van der Waals surface area contributed by atoms with Gasteiger partial charge in [-0.1, -0.05) is 13.8 Å². The Kier molecular flexibility index (Phi) is 8.73. The predicted octanol–water partition coefficient (Wildman–Crippen LogP) is 3.11. The average molecular weight is 419 g/mol. The van der Waals surface area contributed by atoms with E-state index in [-0.39, 0.29) is 11.9 Å². The van der Waals surface area contributed by atoms with Crippen LogP contribution in [-0.2, 0) is 0 Å². The fourth-order valence-electron chi connectivity index (χ4n) is 4.81. The molecule has 168 valence electrons. The molecule has 0 aromatic carbocycles. The topological polar surface area (TPSA) is 55.8 Å². The van der Waals surface area contributed by atoms with Gasteiger partial charge in [-0.05, 0) is 63.1 Å². The van der Waals surface area contributed by atoms with Gasteiger partial charge in [0, 0.05) is 51.5 Å². The molecule has 2 saturated heterocycles. The van der Waals surface area contributed by atoms with Crippen LogP contribution in [0.3, 0.4) is 0 Å². The second-order valence-electron chi connectivity index (χ2n) is 9.06. The van der Waals surface area contributed by atoms with Crippen molar-refractivity contribution in [3.63, 3.8) is 0 Å². The Bertz CT molecular complexity index is 671. The molecule has 1 aromatic rings. The number of hydrogen-bond donors (Lipinski definition) is 2. The maximum Gasteiger partial charge on any atom is 0.191 e. The van der Waals surface area contributed by atoms with E-state index < -0.39 is 0 Å². The van der Waals surface area contributed by atoms with Gasteiger partial charge in [0.05, 0.1) is 0 Å². The minimum Gasteiger partial charge on any atom is -0.357 e. The van der Waals surface area contributed by atoms with Crippen LogP contribution >= 0.6 is 0 Å². The highest BCUT2D eigenvalue weighted by atomic mass is 19.1. The summed E-state index contributed by atoms with van der Waals surface area (Å²) in [6.45, 7) is 13.7. The number of anilines is 1. The van der Waals surface area contributed by atoms with E-state index in [1.54, 1.807) is 12.3 Å². The molecule has 3 atom stereocenters. The molecule has 1 aromatic heterocycles. The summed E-state index contributed by atoms with van der Waals surface area (Å²) in [7, 11) is 0. The molecule has 0 saturated carbocycles. The molecule has 0 amide bonds. The summed E-state index contributed by atoms with van der Waals surface area (Å²) >= 11 is 0. The van der Waals surface area contributed by atoms with E-state index in [2.05, 4.69) is 41.3 Å². The Labute approximate surface area is 181 Å². The molecule has 3 rings (SSSR count). The van der Waals surface area contributed by atoms with Gasteiger partial charge < -0.3 is 20.4 Å². The van der Waals surface area contributed by atoms with Crippen molar-refractivity contribution >= 4 is 11.8 Å². The van der Waals surface area contributed by atoms with E-state index in [1.165, 1.54) is 38.5 Å². The number of rotatable bonds is 8. The van der Waals surface area contributed by atoms with Crippen LogP contribution in [0.1, 0.15) is 46.5 Å². The maximum atomic E-state index is 14.0. The number of hydrogen-bond acceptors (Lipinski definition) is 4. The fourth-order valence-corrected chi connectivity index (χ4v) is 4.81. The Balaban J connectivity index is 1.41.